The number of hydrogen-bond acceptors (Lipinski definition) is 4. The van der Waals surface area contributed by atoms with Gasteiger partial charge in [-0.1, -0.05) is 25.3 Å². The minimum absolute atomic E-state index is 0.294. The van der Waals surface area contributed by atoms with Gasteiger partial charge in [0.25, 0.3) is 0 Å². The maximum Gasteiger partial charge on any atom is 0.231 e. The van der Waals surface area contributed by atoms with E-state index in [1.807, 2.05) is 24.4 Å². The second-order valence-electron chi connectivity index (χ2n) is 5.66. The molecule has 1 aliphatic heterocycles. The van der Waals surface area contributed by atoms with Crippen LogP contribution in [0.3, 0.4) is 0 Å². The maximum absolute atomic E-state index is 5.36. The fourth-order valence-corrected chi connectivity index (χ4v) is 2.88. The van der Waals surface area contributed by atoms with Crippen molar-refractivity contribution in [2.75, 3.05) is 6.79 Å². The SMILES string of the molecule is S=C(NCc1ccc2c(c1)OCO2)N/N=C\C1CCCCC1. The number of hydrazone groups is 1. The molecule has 5 nitrogen and oxygen atoms in total. The van der Waals surface area contributed by atoms with E-state index < -0.39 is 0 Å². The molecule has 0 atom stereocenters. The third-order valence-corrected chi connectivity index (χ3v) is 4.23. The number of thiocarbonyl (C=S) groups is 1. The zero-order valence-corrected chi connectivity index (χ0v) is 13.3. The lowest BCUT2D eigenvalue weighted by atomic mass is 9.90. The average molecular weight is 319 g/mol. The molecule has 0 aromatic heterocycles. The zero-order chi connectivity index (χ0) is 15.2. The van der Waals surface area contributed by atoms with Gasteiger partial charge in [-0.2, -0.15) is 5.10 Å². The van der Waals surface area contributed by atoms with Crippen molar-refractivity contribution in [3.05, 3.63) is 23.8 Å². The highest BCUT2D eigenvalue weighted by Gasteiger charge is 2.13. The number of ether oxygens (including phenoxy) is 2. The summed E-state index contributed by atoms with van der Waals surface area (Å²) in [6.45, 7) is 0.920. The topological polar surface area (TPSA) is 54.9 Å². The lowest BCUT2D eigenvalue weighted by Crippen LogP contribution is -2.31. The molecule has 1 heterocycles. The average Bonchev–Trinajstić information content (AvgIpc) is 3.01. The smallest absolute Gasteiger partial charge is 0.231 e. The van der Waals surface area contributed by atoms with Crippen molar-refractivity contribution in [3.8, 4) is 11.5 Å². The number of fused-ring (bicyclic) bond motifs is 1. The van der Waals surface area contributed by atoms with Crippen molar-refractivity contribution in [3.63, 3.8) is 0 Å². The predicted molar refractivity (Wildman–Crippen MR) is 90.2 cm³/mol. The molecule has 0 bridgehead atoms. The van der Waals surface area contributed by atoms with E-state index in [9.17, 15) is 0 Å². The van der Waals surface area contributed by atoms with E-state index in [0.717, 1.165) is 17.1 Å². The summed E-state index contributed by atoms with van der Waals surface area (Å²) in [5, 5.41) is 7.91. The Balaban J connectivity index is 1.41. The first kappa shape index (κ1) is 15.1. The molecule has 2 aliphatic rings. The summed E-state index contributed by atoms with van der Waals surface area (Å²) in [4.78, 5) is 0. The highest BCUT2D eigenvalue weighted by molar-refractivity contribution is 7.80. The Labute approximate surface area is 136 Å². The fraction of sp³-hybridized carbons (Fsp3) is 0.500. The lowest BCUT2D eigenvalue weighted by Gasteiger charge is -2.17. The lowest BCUT2D eigenvalue weighted by molar-refractivity contribution is 0.174. The van der Waals surface area contributed by atoms with Crippen molar-refractivity contribution in [1.29, 1.82) is 0 Å². The number of nitrogens with one attached hydrogen (secondary N) is 2. The molecule has 0 spiro atoms. The zero-order valence-electron chi connectivity index (χ0n) is 12.5. The summed E-state index contributed by atoms with van der Waals surface area (Å²) < 4.78 is 10.6. The Kier molecular flexibility index (Phi) is 5.11. The third-order valence-electron chi connectivity index (χ3n) is 3.99. The molecule has 1 fully saturated rings. The van der Waals surface area contributed by atoms with Gasteiger partial charge in [0.05, 0.1) is 0 Å². The first-order chi connectivity index (χ1) is 10.8. The summed E-state index contributed by atoms with van der Waals surface area (Å²) >= 11 is 5.23. The number of hydrogen-bond donors (Lipinski definition) is 2. The Hall–Kier alpha value is -1.82. The van der Waals surface area contributed by atoms with Crippen molar-refractivity contribution in [1.82, 2.24) is 10.7 Å². The second kappa shape index (κ2) is 7.45. The number of nitrogens with zero attached hydrogens (tertiary/aromatic N) is 1. The second-order valence-corrected chi connectivity index (χ2v) is 6.07. The van der Waals surface area contributed by atoms with Crippen LogP contribution in [0.2, 0.25) is 0 Å². The van der Waals surface area contributed by atoms with Crippen molar-refractivity contribution in [2.24, 2.45) is 11.0 Å². The van der Waals surface area contributed by atoms with Crippen molar-refractivity contribution < 1.29 is 9.47 Å². The van der Waals surface area contributed by atoms with E-state index in [-0.39, 0.29) is 0 Å². The monoisotopic (exact) mass is 319 g/mol. The maximum atomic E-state index is 5.36. The van der Waals surface area contributed by atoms with E-state index in [1.165, 1.54) is 32.1 Å². The molecule has 2 N–H and O–H groups in total. The van der Waals surface area contributed by atoms with Gasteiger partial charge in [-0.15, -0.1) is 0 Å². The molecule has 1 aliphatic carbocycles. The van der Waals surface area contributed by atoms with Crippen LogP contribution in [0.1, 0.15) is 37.7 Å². The van der Waals surface area contributed by atoms with Crippen LogP contribution in [-0.2, 0) is 6.54 Å². The van der Waals surface area contributed by atoms with E-state index >= 15 is 0 Å². The Morgan fingerprint density at radius 3 is 2.91 bits per heavy atom. The molecule has 6 heteroatoms. The molecule has 1 saturated carbocycles. The summed E-state index contributed by atoms with van der Waals surface area (Å²) in [6.07, 6.45) is 8.44. The van der Waals surface area contributed by atoms with Gasteiger partial charge in [-0.25, -0.2) is 0 Å². The first-order valence-corrected chi connectivity index (χ1v) is 8.17. The van der Waals surface area contributed by atoms with Gasteiger partial charge in [0.2, 0.25) is 6.79 Å². The van der Waals surface area contributed by atoms with Gasteiger partial charge in [0.1, 0.15) is 0 Å². The van der Waals surface area contributed by atoms with Gasteiger partial charge >= 0.3 is 0 Å². The van der Waals surface area contributed by atoms with Crippen LogP contribution in [0, 0.1) is 5.92 Å². The standard InChI is InChI=1S/C16H21N3O2S/c22-16(19-18-10-12-4-2-1-3-5-12)17-9-13-6-7-14-15(8-13)21-11-20-14/h6-8,10,12H,1-5,9,11H2,(H2,17,19,22)/b18-10-. The van der Waals surface area contributed by atoms with E-state index in [0.29, 0.717) is 24.4 Å². The Bertz CT molecular complexity index is 556. The quantitative estimate of drug-likeness (QED) is 0.508. The van der Waals surface area contributed by atoms with Crippen LogP contribution in [0.5, 0.6) is 11.5 Å². The first-order valence-electron chi connectivity index (χ1n) is 7.77. The molecule has 3 rings (SSSR count). The van der Waals surface area contributed by atoms with Crippen LogP contribution in [0.15, 0.2) is 23.3 Å². The highest BCUT2D eigenvalue weighted by Crippen LogP contribution is 2.32. The minimum atomic E-state index is 0.294. The molecule has 1 aromatic rings. The fourth-order valence-electron chi connectivity index (χ4n) is 2.76. The molecular formula is C16H21N3O2S. The van der Waals surface area contributed by atoms with Crippen LogP contribution in [-0.4, -0.2) is 18.1 Å². The van der Waals surface area contributed by atoms with Crippen LogP contribution in [0.25, 0.3) is 0 Å². The molecule has 0 amide bonds. The van der Waals surface area contributed by atoms with E-state index in [4.69, 9.17) is 21.7 Å². The summed E-state index contributed by atoms with van der Waals surface area (Å²) in [7, 11) is 0. The molecule has 0 saturated heterocycles. The van der Waals surface area contributed by atoms with Crippen LogP contribution >= 0.6 is 12.2 Å². The van der Waals surface area contributed by atoms with Gasteiger partial charge in [0.15, 0.2) is 16.6 Å². The van der Waals surface area contributed by atoms with Gasteiger partial charge < -0.3 is 14.8 Å². The third kappa shape index (κ3) is 4.10. The largest absolute Gasteiger partial charge is 0.454 e. The van der Waals surface area contributed by atoms with E-state index in [1.54, 1.807) is 0 Å². The molecule has 22 heavy (non-hydrogen) atoms. The molecule has 1 aromatic carbocycles. The van der Waals surface area contributed by atoms with Crippen LogP contribution < -0.4 is 20.2 Å². The normalized spacial score (nSPS) is 17.6. The number of rotatable bonds is 4. The van der Waals surface area contributed by atoms with Crippen LogP contribution in [0.4, 0.5) is 0 Å². The molecular weight excluding hydrogens is 298 g/mol. The highest BCUT2D eigenvalue weighted by atomic mass is 32.1. The van der Waals surface area contributed by atoms with Gasteiger partial charge in [-0.3, -0.25) is 5.43 Å². The Morgan fingerprint density at radius 1 is 1.23 bits per heavy atom. The van der Waals surface area contributed by atoms with Gasteiger partial charge in [-0.05, 0) is 48.7 Å². The predicted octanol–water partition coefficient (Wildman–Crippen LogP) is 2.95. The molecule has 0 unspecified atom stereocenters. The summed E-state index contributed by atoms with van der Waals surface area (Å²) in [5.74, 6) is 2.17. The molecule has 118 valence electrons. The number of benzene rings is 1. The summed E-state index contributed by atoms with van der Waals surface area (Å²) in [6, 6.07) is 5.87. The Morgan fingerprint density at radius 2 is 2.05 bits per heavy atom. The van der Waals surface area contributed by atoms with Crippen molar-refractivity contribution in [2.45, 2.75) is 38.6 Å². The minimum Gasteiger partial charge on any atom is -0.454 e. The molecule has 0 radical (unpaired) electrons. The summed E-state index contributed by atoms with van der Waals surface area (Å²) in [5.41, 5.74) is 3.97. The van der Waals surface area contributed by atoms with Crippen molar-refractivity contribution >= 4 is 23.5 Å². The van der Waals surface area contributed by atoms with Gasteiger partial charge in [0, 0.05) is 12.8 Å². The van der Waals surface area contributed by atoms with E-state index in [2.05, 4.69) is 15.8 Å².